The normalized spacial score (nSPS) is 27.3. The zero-order valence-electron chi connectivity index (χ0n) is 10.9. The summed E-state index contributed by atoms with van der Waals surface area (Å²) in [7, 11) is 0. The molecular formula is C13H21N3O2. The van der Waals surface area contributed by atoms with Gasteiger partial charge in [-0.3, -0.25) is 4.90 Å². The standard InChI is InChI=1S/C13H21N3O2/c1-9(16-6-2-3-10(7-16)8-17)13-14-12(15-18-13)11-4-5-11/h9-11,17H,2-8H2,1H3. The number of aliphatic hydroxyl groups excluding tert-OH is 1. The number of piperidine rings is 1. The fourth-order valence-corrected chi connectivity index (χ4v) is 2.68. The summed E-state index contributed by atoms with van der Waals surface area (Å²) in [5.74, 6) is 2.55. The lowest BCUT2D eigenvalue weighted by molar-refractivity contribution is 0.0810. The second-order valence-corrected chi connectivity index (χ2v) is 5.63. The Bertz CT molecular complexity index is 403. The Morgan fingerprint density at radius 3 is 3.00 bits per heavy atom. The third-order valence-electron chi connectivity index (χ3n) is 4.11. The van der Waals surface area contributed by atoms with E-state index >= 15 is 0 Å². The molecule has 1 saturated carbocycles. The summed E-state index contributed by atoms with van der Waals surface area (Å²) >= 11 is 0. The fourth-order valence-electron chi connectivity index (χ4n) is 2.68. The molecule has 1 N–H and O–H groups in total. The molecule has 0 spiro atoms. The topological polar surface area (TPSA) is 62.4 Å². The zero-order chi connectivity index (χ0) is 12.5. The molecule has 2 fully saturated rings. The number of nitrogens with zero attached hydrogens (tertiary/aromatic N) is 3. The van der Waals surface area contributed by atoms with Crippen LogP contribution < -0.4 is 0 Å². The van der Waals surface area contributed by atoms with Crippen molar-refractivity contribution in [2.75, 3.05) is 19.7 Å². The third-order valence-corrected chi connectivity index (χ3v) is 4.11. The fraction of sp³-hybridized carbons (Fsp3) is 0.846. The van der Waals surface area contributed by atoms with Gasteiger partial charge in [0.05, 0.1) is 6.04 Å². The van der Waals surface area contributed by atoms with Crippen molar-refractivity contribution in [2.24, 2.45) is 5.92 Å². The van der Waals surface area contributed by atoms with Gasteiger partial charge in [0.2, 0.25) is 5.89 Å². The van der Waals surface area contributed by atoms with E-state index in [0.717, 1.165) is 37.6 Å². The first-order valence-electron chi connectivity index (χ1n) is 6.96. The lowest BCUT2D eigenvalue weighted by Crippen LogP contribution is -2.38. The van der Waals surface area contributed by atoms with E-state index in [-0.39, 0.29) is 12.6 Å². The van der Waals surface area contributed by atoms with Crippen molar-refractivity contribution in [1.82, 2.24) is 15.0 Å². The Kier molecular flexibility index (Phi) is 3.35. The van der Waals surface area contributed by atoms with Gasteiger partial charge in [-0.25, -0.2) is 0 Å². The van der Waals surface area contributed by atoms with Crippen molar-refractivity contribution in [2.45, 2.75) is 44.6 Å². The number of likely N-dealkylation sites (tertiary alicyclic amines) is 1. The van der Waals surface area contributed by atoms with Gasteiger partial charge in [0.25, 0.3) is 0 Å². The molecule has 0 radical (unpaired) electrons. The predicted molar refractivity (Wildman–Crippen MR) is 66.1 cm³/mol. The summed E-state index contributed by atoms with van der Waals surface area (Å²) in [4.78, 5) is 6.86. The molecule has 1 aromatic rings. The van der Waals surface area contributed by atoms with Crippen LogP contribution in [0.3, 0.4) is 0 Å². The van der Waals surface area contributed by atoms with Crippen molar-refractivity contribution >= 4 is 0 Å². The molecule has 100 valence electrons. The van der Waals surface area contributed by atoms with Crippen LogP contribution >= 0.6 is 0 Å². The molecule has 1 saturated heterocycles. The molecule has 2 atom stereocenters. The highest BCUT2D eigenvalue weighted by Crippen LogP contribution is 2.38. The van der Waals surface area contributed by atoms with Crippen molar-refractivity contribution in [3.8, 4) is 0 Å². The van der Waals surface area contributed by atoms with Gasteiger partial charge >= 0.3 is 0 Å². The minimum absolute atomic E-state index is 0.166. The molecule has 2 heterocycles. The van der Waals surface area contributed by atoms with Crippen LogP contribution in [0, 0.1) is 5.92 Å². The monoisotopic (exact) mass is 251 g/mol. The molecule has 1 aliphatic carbocycles. The lowest BCUT2D eigenvalue weighted by atomic mass is 9.98. The van der Waals surface area contributed by atoms with Crippen molar-refractivity contribution in [3.05, 3.63) is 11.7 Å². The molecule has 1 aromatic heterocycles. The Hall–Kier alpha value is -0.940. The van der Waals surface area contributed by atoms with Crippen LogP contribution in [-0.2, 0) is 0 Å². The minimum Gasteiger partial charge on any atom is -0.396 e. The summed E-state index contributed by atoms with van der Waals surface area (Å²) in [6, 6.07) is 0.166. The molecule has 0 amide bonds. The predicted octanol–water partition coefficient (Wildman–Crippen LogP) is 1.71. The van der Waals surface area contributed by atoms with Crippen molar-refractivity contribution < 1.29 is 9.63 Å². The number of rotatable bonds is 4. The van der Waals surface area contributed by atoms with Gasteiger partial charge in [-0.05, 0) is 45.1 Å². The second kappa shape index (κ2) is 4.97. The molecule has 0 aromatic carbocycles. The van der Waals surface area contributed by atoms with Crippen LogP contribution in [0.25, 0.3) is 0 Å². The average Bonchev–Trinajstić information content (AvgIpc) is 3.16. The molecule has 0 bridgehead atoms. The van der Waals surface area contributed by atoms with E-state index in [1.165, 1.54) is 12.8 Å². The van der Waals surface area contributed by atoms with Crippen molar-refractivity contribution in [1.29, 1.82) is 0 Å². The highest BCUT2D eigenvalue weighted by Gasteiger charge is 2.31. The summed E-state index contributed by atoms with van der Waals surface area (Å²) < 4.78 is 5.38. The number of hydrogen-bond acceptors (Lipinski definition) is 5. The smallest absolute Gasteiger partial charge is 0.243 e. The first kappa shape index (κ1) is 12.1. The second-order valence-electron chi connectivity index (χ2n) is 5.63. The quantitative estimate of drug-likeness (QED) is 0.882. The maximum Gasteiger partial charge on any atom is 0.243 e. The summed E-state index contributed by atoms with van der Waals surface area (Å²) in [5.41, 5.74) is 0. The number of aliphatic hydroxyl groups is 1. The molecule has 2 aliphatic rings. The first-order chi connectivity index (χ1) is 8.78. The van der Waals surface area contributed by atoms with Gasteiger partial charge in [-0.2, -0.15) is 4.98 Å². The van der Waals surface area contributed by atoms with Crippen molar-refractivity contribution in [3.63, 3.8) is 0 Å². The van der Waals surface area contributed by atoms with Crippen LogP contribution in [0.2, 0.25) is 0 Å². The van der Waals surface area contributed by atoms with E-state index in [4.69, 9.17) is 4.52 Å². The SMILES string of the molecule is CC(c1nc(C2CC2)no1)N1CCCC(CO)C1. The van der Waals surface area contributed by atoms with Gasteiger partial charge < -0.3 is 9.63 Å². The Morgan fingerprint density at radius 2 is 2.28 bits per heavy atom. The van der Waals surface area contributed by atoms with Gasteiger partial charge in [0, 0.05) is 19.1 Å². The highest BCUT2D eigenvalue weighted by molar-refractivity contribution is 5.04. The highest BCUT2D eigenvalue weighted by atomic mass is 16.5. The molecular weight excluding hydrogens is 230 g/mol. The van der Waals surface area contributed by atoms with Crippen LogP contribution in [0.15, 0.2) is 4.52 Å². The molecule has 18 heavy (non-hydrogen) atoms. The lowest BCUT2D eigenvalue weighted by Gasteiger charge is -2.34. The molecule has 2 unspecified atom stereocenters. The third kappa shape index (κ3) is 2.42. The van der Waals surface area contributed by atoms with Gasteiger partial charge in [-0.1, -0.05) is 5.16 Å². The maximum absolute atomic E-state index is 9.27. The van der Waals surface area contributed by atoms with Crippen LogP contribution in [-0.4, -0.2) is 39.8 Å². The minimum atomic E-state index is 0.166. The Balaban J connectivity index is 1.66. The van der Waals surface area contributed by atoms with Crippen LogP contribution in [0.5, 0.6) is 0 Å². The summed E-state index contributed by atoms with van der Waals surface area (Å²) in [6.45, 7) is 4.38. The maximum atomic E-state index is 9.27. The van der Waals surface area contributed by atoms with Gasteiger partial charge in [0.15, 0.2) is 5.82 Å². The van der Waals surface area contributed by atoms with E-state index in [1.807, 2.05) is 0 Å². The molecule has 5 nitrogen and oxygen atoms in total. The van der Waals surface area contributed by atoms with E-state index in [2.05, 4.69) is 22.0 Å². The van der Waals surface area contributed by atoms with E-state index < -0.39 is 0 Å². The average molecular weight is 251 g/mol. The van der Waals surface area contributed by atoms with Crippen LogP contribution in [0.1, 0.15) is 56.3 Å². The Morgan fingerprint density at radius 1 is 1.44 bits per heavy atom. The number of hydrogen-bond donors (Lipinski definition) is 1. The van der Waals surface area contributed by atoms with Crippen LogP contribution in [0.4, 0.5) is 0 Å². The zero-order valence-corrected chi connectivity index (χ0v) is 10.9. The largest absolute Gasteiger partial charge is 0.396 e. The van der Waals surface area contributed by atoms with Gasteiger partial charge in [0.1, 0.15) is 0 Å². The number of aromatic nitrogens is 2. The van der Waals surface area contributed by atoms with E-state index in [1.54, 1.807) is 0 Å². The summed E-state index contributed by atoms with van der Waals surface area (Å²) in [6.07, 6.45) is 4.66. The Labute approximate surface area is 107 Å². The van der Waals surface area contributed by atoms with E-state index in [0.29, 0.717) is 11.8 Å². The summed E-state index contributed by atoms with van der Waals surface area (Å²) in [5, 5.41) is 13.3. The molecule has 3 rings (SSSR count). The first-order valence-corrected chi connectivity index (χ1v) is 6.96. The molecule has 1 aliphatic heterocycles. The van der Waals surface area contributed by atoms with E-state index in [9.17, 15) is 5.11 Å². The van der Waals surface area contributed by atoms with Gasteiger partial charge in [-0.15, -0.1) is 0 Å². The molecule has 5 heteroatoms.